The molecular weight excluding hydrogens is 495 g/mol. The van der Waals surface area contributed by atoms with Crippen LogP contribution in [0.2, 0.25) is 0 Å². The summed E-state index contributed by atoms with van der Waals surface area (Å²) in [6, 6.07) is 13.8. The number of halogens is 1. The van der Waals surface area contributed by atoms with Crippen molar-refractivity contribution in [1.82, 2.24) is 34.0 Å². The van der Waals surface area contributed by atoms with Crippen LogP contribution in [0.1, 0.15) is 42.6 Å². The van der Waals surface area contributed by atoms with E-state index in [9.17, 15) is 9.18 Å². The van der Waals surface area contributed by atoms with E-state index in [1.165, 1.54) is 12.1 Å². The van der Waals surface area contributed by atoms with Crippen molar-refractivity contribution in [2.24, 2.45) is 0 Å². The predicted octanol–water partition coefficient (Wildman–Crippen LogP) is 5.09. The number of carbonyl (C=O) groups excluding carboxylic acids is 1. The first-order chi connectivity index (χ1) is 19.1. The van der Waals surface area contributed by atoms with Gasteiger partial charge in [-0.05, 0) is 74.3 Å². The van der Waals surface area contributed by atoms with Crippen LogP contribution in [0.15, 0.2) is 73.4 Å². The van der Waals surface area contributed by atoms with Gasteiger partial charge in [0.05, 0.1) is 23.9 Å². The van der Waals surface area contributed by atoms with Gasteiger partial charge in [0.1, 0.15) is 11.5 Å². The highest BCUT2D eigenvalue weighted by Crippen LogP contribution is 2.35. The maximum absolute atomic E-state index is 13.7. The van der Waals surface area contributed by atoms with Crippen LogP contribution in [0, 0.1) is 5.82 Å². The Kier molecular flexibility index (Phi) is 6.85. The third kappa shape index (κ3) is 5.15. The lowest BCUT2D eigenvalue weighted by molar-refractivity contribution is 0.102. The van der Waals surface area contributed by atoms with E-state index >= 15 is 0 Å². The number of benzene rings is 1. The summed E-state index contributed by atoms with van der Waals surface area (Å²) in [5, 5.41) is 7.70. The number of nitrogens with one attached hydrogen (secondary N) is 1. The van der Waals surface area contributed by atoms with Crippen molar-refractivity contribution in [3.63, 3.8) is 0 Å². The molecule has 1 amide bonds. The number of piperidine rings is 1. The molecular formula is C29H29FN8O. The van der Waals surface area contributed by atoms with Crippen molar-refractivity contribution >= 4 is 17.4 Å². The minimum absolute atomic E-state index is 0.271. The third-order valence-electron chi connectivity index (χ3n) is 7.15. The number of pyridine rings is 1. The summed E-state index contributed by atoms with van der Waals surface area (Å²) in [5.74, 6) is -0.161. The number of fused-ring (bicyclic) bond motifs is 1. The molecule has 0 aliphatic carbocycles. The van der Waals surface area contributed by atoms with E-state index < -0.39 is 0 Å². The van der Waals surface area contributed by atoms with E-state index in [4.69, 9.17) is 10.1 Å². The van der Waals surface area contributed by atoms with Crippen LogP contribution >= 0.6 is 0 Å². The SMILES string of the molecule is CCCN1CCC(n2cnc(-c3ccc(F)cc3)c2-c2ccc3nc(NC(=O)c4ccncc4)cn3n2)CC1. The van der Waals surface area contributed by atoms with E-state index in [0.29, 0.717) is 17.0 Å². The number of hydrogen-bond acceptors (Lipinski definition) is 6. The molecule has 0 saturated carbocycles. The van der Waals surface area contributed by atoms with Crippen molar-refractivity contribution in [3.05, 3.63) is 84.8 Å². The molecule has 1 saturated heterocycles. The third-order valence-corrected chi connectivity index (χ3v) is 7.15. The lowest BCUT2D eigenvalue weighted by Gasteiger charge is -2.33. The second-order valence-corrected chi connectivity index (χ2v) is 9.77. The fourth-order valence-electron chi connectivity index (χ4n) is 5.21. The molecule has 9 nitrogen and oxygen atoms in total. The van der Waals surface area contributed by atoms with Gasteiger partial charge >= 0.3 is 0 Å². The summed E-state index contributed by atoms with van der Waals surface area (Å²) in [7, 11) is 0. The average Bonchev–Trinajstić information content (AvgIpc) is 3.58. The Labute approximate surface area is 225 Å². The van der Waals surface area contributed by atoms with Gasteiger partial charge in [0.15, 0.2) is 11.5 Å². The highest BCUT2D eigenvalue weighted by molar-refractivity contribution is 6.03. The van der Waals surface area contributed by atoms with Gasteiger partial charge in [-0.3, -0.25) is 9.78 Å². The number of hydrogen-bond donors (Lipinski definition) is 1. The van der Waals surface area contributed by atoms with Crippen molar-refractivity contribution < 1.29 is 9.18 Å². The number of likely N-dealkylation sites (tertiary alicyclic amines) is 1. The number of anilines is 1. The van der Waals surface area contributed by atoms with Gasteiger partial charge in [0.2, 0.25) is 0 Å². The first-order valence-corrected chi connectivity index (χ1v) is 13.2. The Morgan fingerprint density at radius 2 is 1.82 bits per heavy atom. The summed E-state index contributed by atoms with van der Waals surface area (Å²) in [6.07, 6.45) is 9.91. The molecule has 6 rings (SSSR count). The van der Waals surface area contributed by atoms with Crippen LogP contribution in [0.25, 0.3) is 28.3 Å². The molecule has 1 aliphatic rings. The summed E-state index contributed by atoms with van der Waals surface area (Å²) < 4.78 is 17.6. The quantitative estimate of drug-likeness (QED) is 0.319. The van der Waals surface area contributed by atoms with Gasteiger partial charge in [0.25, 0.3) is 5.91 Å². The Morgan fingerprint density at radius 3 is 2.56 bits per heavy atom. The van der Waals surface area contributed by atoms with Crippen LogP contribution in [0.3, 0.4) is 0 Å². The number of aromatic nitrogens is 6. The molecule has 0 unspecified atom stereocenters. The van der Waals surface area contributed by atoms with E-state index in [-0.39, 0.29) is 17.8 Å². The molecule has 4 aromatic heterocycles. The van der Waals surface area contributed by atoms with E-state index in [1.807, 2.05) is 18.5 Å². The van der Waals surface area contributed by atoms with Gasteiger partial charge in [-0.25, -0.2) is 18.9 Å². The molecule has 1 aliphatic heterocycles. The minimum Gasteiger partial charge on any atom is -0.326 e. The molecule has 0 bridgehead atoms. The van der Waals surface area contributed by atoms with Crippen molar-refractivity contribution in [1.29, 1.82) is 0 Å². The lowest BCUT2D eigenvalue weighted by Crippen LogP contribution is -2.35. The molecule has 39 heavy (non-hydrogen) atoms. The van der Waals surface area contributed by atoms with Crippen molar-refractivity contribution in [2.45, 2.75) is 32.2 Å². The molecule has 0 radical (unpaired) electrons. The van der Waals surface area contributed by atoms with E-state index in [1.54, 1.807) is 47.4 Å². The average molecular weight is 525 g/mol. The molecule has 10 heteroatoms. The standard InChI is InChI=1S/C29H29FN8O/c1-2-15-36-16-11-23(12-17-36)37-19-32-27(20-3-5-22(30)6-4-20)28(37)24-7-8-26-33-25(18-38(26)35-24)34-29(39)21-9-13-31-14-10-21/h3-10,13-14,18-19,23H,2,11-12,15-17H2,1H3,(H,34,39). The highest BCUT2D eigenvalue weighted by Gasteiger charge is 2.26. The van der Waals surface area contributed by atoms with Crippen molar-refractivity contribution in [2.75, 3.05) is 25.0 Å². The van der Waals surface area contributed by atoms with Gasteiger partial charge in [-0.15, -0.1) is 0 Å². The Hall–Kier alpha value is -4.44. The molecule has 198 valence electrons. The number of imidazole rings is 2. The van der Waals surface area contributed by atoms with Gasteiger partial charge < -0.3 is 14.8 Å². The van der Waals surface area contributed by atoms with Crippen LogP contribution in [-0.4, -0.2) is 59.6 Å². The Morgan fingerprint density at radius 1 is 1.05 bits per heavy atom. The Bertz CT molecular complexity index is 1590. The maximum atomic E-state index is 13.7. The summed E-state index contributed by atoms with van der Waals surface area (Å²) in [5.41, 5.74) is 4.28. The van der Waals surface area contributed by atoms with Crippen LogP contribution in [0.4, 0.5) is 10.2 Å². The number of amides is 1. The zero-order valence-corrected chi connectivity index (χ0v) is 21.7. The summed E-state index contributed by atoms with van der Waals surface area (Å²) in [4.78, 5) is 28.4. The number of carbonyl (C=O) groups is 1. The first kappa shape index (κ1) is 24.9. The predicted molar refractivity (Wildman–Crippen MR) is 147 cm³/mol. The van der Waals surface area contributed by atoms with Gasteiger partial charge in [-0.2, -0.15) is 5.10 Å². The van der Waals surface area contributed by atoms with Crippen LogP contribution < -0.4 is 5.32 Å². The van der Waals surface area contributed by atoms with Crippen LogP contribution in [-0.2, 0) is 0 Å². The molecule has 0 atom stereocenters. The maximum Gasteiger partial charge on any atom is 0.256 e. The smallest absolute Gasteiger partial charge is 0.256 e. The zero-order chi connectivity index (χ0) is 26.8. The molecule has 5 aromatic rings. The van der Waals surface area contributed by atoms with Gasteiger partial charge in [0, 0.05) is 42.7 Å². The summed E-state index contributed by atoms with van der Waals surface area (Å²) in [6.45, 7) is 5.40. The van der Waals surface area contributed by atoms with Crippen molar-refractivity contribution in [3.8, 4) is 22.6 Å². The largest absolute Gasteiger partial charge is 0.326 e. The first-order valence-electron chi connectivity index (χ1n) is 13.2. The zero-order valence-electron chi connectivity index (χ0n) is 21.7. The molecule has 1 N–H and O–H groups in total. The van der Waals surface area contributed by atoms with E-state index in [0.717, 1.165) is 61.5 Å². The monoisotopic (exact) mass is 524 g/mol. The molecule has 5 heterocycles. The van der Waals surface area contributed by atoms with Crippen LogP contribution in [0.5, 0.6) is 0 Å². The topological polar surface area (TPSA) is 93.2 Å². The molecule has 1 fully saturated rings. The second-order valence-electron chi connectivity index (χ2n) is 9.77. The fraction of sp³-hybridized carbons (Fsp3) is 0.276. The molecule has 1 aromatic carbocycles. The fourth-order valence-corrected chi connectivity index (χ4v) is 5.21. The minimum atomic E-state index is -0.290. The highest BCUT2D eigenvalue weighted by atomic mass is 19.1. The number of nitrogens with zero attached hydrogens (tertiary/aromatic N) is 7. The second kappa shape index (κ2) is 10.7. The molecule has 0 spiro atoms. The van der Waals surface area contributed by atoms with Gasteiger partial charge in [-0.1, -0.05) is 6.92 Å². The lowest BCUT2D eigenvalue weighted by atomic mass is 10.0. The Balaban J connectivity index is 1.35. The number of rotatable bonds is 7. The summed E-state index contributed by atoms with van der Waals surface area (Å²) >= 11 is 0. The normalized spacial score (nSPS) is 14.6. The van der Waals surface area contributed by atoms with E-state index in [2.05, 4.69) is 31.7 Å².